The van der Waals surface area contributed by atoms with Gasteiger partial charge in [-0.2, -0.15) is 0 Å². The quantitative estimate of drug-likeness (QED) is 0.913. The second kappa shape index (κ2) is 6.16. The van der Waals surface area contributed by atoms with Crippen LogP contribution in [0.2, 0.25) is 0 Å². The number of para-hydroxylation sites is 1. The molecule has 2 aliphatic rings. The van der Waals surface area contributed by atoms with Crippen LogP contribution in [0.5, 0.6) is 5.75 Å². The molecule has 2 fully saturated rings. The van der Waals surface area contributed by atoms with Crippen LogP contribution in [0.25, 0.3) is 11.4 Å². The molecule has 0 saturated carbocycles. The van der Waals surface area contributed by atoms with Gasteiger partial charge in [0.05, 0.1) is 11.1 Å². The van der Waals surface area contributed by atoms with Crippen molar-refractivity contribution in [2.24, 2.45) is 0 Å². The van der Waals surface area contributed by atoms with E-state index >= 15 is 0 Å². The number of nitrogens with zero attached hydrogens (tertiary/aromatic N) is 4. The van der Waals surface area contributed by atoms with E-state index in [0.717, 1.165) is 17.9 Å². The Hall–Kier alpha value is -2.83. The highest BCUT2D eigenvalue weighted by Gasteiger charge is 2.49. The summed E-state index contributed by atoms with van der Waals surface area (Å²) < 4.78 is 5.31. The van der Waals surface area contributed by atoms with E-state index < -0.39 is 0 Å². The number of rotatable bonds is 3. The fourth-order valence-corrected chi connectivity index (χ4v) is 3.76. The van der Waals surface area contributed by atoms with Gasteiger partial charge in [-0.1, -0.05) is 19.1 Å². The van der Waals surface area contributed by atoms with Crippen LogP contribution in [0, 0.1) is 6.92 Å². The molecule has 0 spiro atoms. The number of ether oxygens (including phenoxy) is 1. The van der Waals surface area contributed by atoms with Gasteiger partial charge in [-0.15, -0.1) is 0 Å². The van der Waals surface area contributed by atoms with Crippen LogP contribution in [-0.4, -0.2) is 57.8 Å². The smallest absolute Gasteiger partial charge is 0.410 e. The molecule has 1 atom stereocenters. The molecule has 1 N–H and O–H groups in total. The molecule has 1 amide bonds. The van der Waals surface area contributed by atoms with Crippen molar-refractivity contribution < 1.29 is 14.6 Å². The lowest BCUT2D eigenvalue weighted by molar-refractivity contribution is 0.137. The lowest BCUT2D eigenvalue weighted by Crippen LogP contribution is -2.61. The average molecular weight is 354 g/mol. The van der Waals surface area contributed by atoms with E-state index in [4.69, 9.17) is 9.72 Å². The molecule has 1 unspecified atom stereocenters. The van der Waals surface area contributed by atoms with Crippen molar-refractivity contribution in [2.75, 3.05) is 31.1 Å². The number of hydrogen-bond donors (Lipinski definition) is 1. The first-order valence-corrected chi connectivity index (χ1v) is 8.86. The molecule has 136 valence electrons. The van der Waals surface area contributed by atoms with Crippen LogP contribution in [0.1, 0.15) is 19.0 Å². The summed E-state index contributed by atoms with van der Waals surface area (Å²) in [6, 6.07) is 9.01. The summed E-state index contributed by atoms with van der Waals surface area (Å²) in [5.41, 5.74) is 1.14. The van der Waals surface area contributed by atoms with E-state index in [2.05, 4.69) is 16.8 Å². The molecule has 3 heterocycles. The van der Waals surface area contributed by atoms with Gasteiger partial charge in [0.1, 0.15) is 18.2 Å². The molecule has 26 heavy (non-hydrogen) atoms. The van der Waals surface area contributed by atoms with Crippen molar-refractivity contribution in [1.82, 2.24) is 14.9 Å². The van der Waals surface area contributed by atoms with E-state index in [1.807, 2.05) is 30.0 Å². The van der Waals surface area contributed by atoms with Crippen LogP contribution in [-0.2, 0) is 4.74 Å². The van der Waals surface area contributed by atoms with Crippen LogP contribution in [0.15, 0.2) is 30.3 Å². The number of carbonyl (C=O) groups is 1. The Balaban J connectivity index is 1.69. The monoisotopic (exact) mass is 354 g/mol. The van der Waals surface area contributed by atoms with Crippen LogP contribution < -0.4 is 4.90 Å². The van der Waals surface area contributed by atoms with Gasteiger partial charge in [0, 0.05) is 31.4 Å². The maximum atomic E-state index is 12.0. The maximum Gasteiger partial charge on any atom is 0.410 e. The molecule has 1 aromatic heterocycles. The predicted molar refractivity (Wildman–Crippen MR) is 97.2 cm³/mol. The molecular weight excluding hydrogens is 332 g/mol. The Kier molecular flexibility index (Phi) is 3.94. The zero-order valence-electron chi connectivity index (χ0n) is 15.0. The van der Waals surface area contributed by atoms with E-state index in [1.165, 1.54) is 0 Å². The predicted octanol–water partition coefficient (Wildman–Crippen LogP) is 2.58. The molecule has 0 bridgehead atoms. The van der Waals surface area contributed by atoms with Crippen molar-refractivity contribution in [3.63, 3.8) is 0 Å². The molecule has 2 saturated heterocycles. The average Bonchev–Trinajstić information content (AvgIpc) is 2.98. The number of aromatic nitrogens is 2. The summed E-state index contributed by atoms with van der Waals surface area (Å²) in [4.78, 5) is 25.2. The highest BCUT2D eigenvalue weighted by molar-refractivity contribution is 5.72. The largest absolute Gasteiger partial charge is 0.507 e. The lowest BCUT2D eigenvalue weighted by atomic mass is 9.93. The third-order valence-corrected chi connectivity index (χ3v) is 5.30. The standard InChI is InChI=1S/C19H22N4O3/c1-3-19-11-22(8-9-23(19)18(25)26-12-19)16-10-13(2)20-17(21-16)14-6-4-5-7-15(14)24/h4-7,10,24H,3,8-9,11-12H2,1-2H3. The zero-order chi connectivity index (χ0) is 18.3. The molecule has 1 aromatic carbocycles. The summed E-state index contributed by atoms with van der Waals surface area (Å²) in [6.45, 7) is 6.39. The first-order valence-electron chi connectivity index (χ1n) is 8.86. The number of cyclic esters (lactones) is 1. The second-order valence-electron chi connectivity index (χ2n) is 6.91. The number of benzene rings is 1. The van der Waals surface area contributed by atoms with Gasteiger partial charge >= 0.3 is 6.09 Å². The number of amides is 1. The van der Waals surface area contributed by atoms with Gasteiger partial charge in [0.15, 0.2) is 5.82 Å². The minimum absolute atomic E-state index is 0.161. The fourth-order valence-electron chi connectivity index (χ4n) is 3.76. The summed E-state index contributed by atoms with van der Waals surface area (Å²) in [5, 5.41) is 10.1. The highest BCUT2D eigenvalue weighted by Crippen LogP contribution is 2.34. The molecule has 7 heteroatoms. The van der Waals surface area contributed by atoms with Crippen molar-refractivity contribution in [3.05, 3.63) is 36.0 Å². The molecule has 4 rings (SSSR count). The SMILES string of the molecule is CCC12COC(=O)N1CCN(c1cc(C)nc(-c3ccccc3O)n1)C2. The number of hydrogen-bond acceptors (Lipinski definition) is 6. The first kappa shape index (κ1) is 16.6. The number of phenols is 1. The number of aryl methyl sites for hydroxylation is 1. The summed E-state index contributed by atoms with van der Waals surface area (Å²) >= 11 is 0. The molecule has 0 aliphatic carbocycles. The number of carbonyl (C=O) groups excluding carboxylic acids is 1. The molecule has 2 aromatic rings. The Morgan fingerprint density at radius 1 is 1.27 bits per heavy atom. The molecule has 2 aliphatic heterocycles. The third-order valence-electron chi connectivity index (χ3n) is 5.30. The summed E-state index contributed by atoms with van der Waals surface area (Å²) in [6.07, 6.45) is 0.603. The summed E-state index contributed by atoms with van der Waals surface area (Å²) in [5.74, 6) is 1.47. The van der Waals surface area contributed by atoms with Gasteiger partial charge in [0.2, 0.25) is 0 Å². The summed E-state index contributed by atoms with van der Waals surface area (Å²) in [7, 11) is 0. The number of phenolic OH excluding ortho intramolecular Hbond substituents is 1. The Morgan fingerprint density at radius 2 is 2.08 bits per heavy atom. The van der Waals surface area contributed by atoms with Crippen LogP contribution in [0.4, 0.5) is 10.6 Å². The van der Waals surface area contributed by atoms with Gasteiger partial charge < -0.3 is 14.7 Å². The molecule has 7 nitrogen and oxygen atoms in total. The van der Waals surface area contributed by atoms with Gasteiger partial charge in [-0.05, 0) is 25.5 Å². The maximum absolute atomic E-state index is 12.0. The van der Waals surface area contributed by atoms with Gasteiger partial charge in [-0.3, -0.25) is 4.90 Å². The highest BCUT2D eigenvalue weighted by atomic mass is 16.6. The van der Waals surface area contributed by atoms with Crippen molar-refractivity contribution in [2.45, 2.75) is 25.8 Å². The minimum Gasteiger partial charge on any atom is -0.507 e. The Labute approximate surface area is 152 Å². The van der Waals surface area contributed by atoms with E-state index in [1.54, 1.807) is 12.1 Å². The van der Waals surface area contributed by atoms with E-state index in [-0.39, 0.29) is 17.4 Å². The fraction of sp³-hybridized carbons (Fsp3) is 0.421. The number of fused-ring (bicyclic) bond motifs is 1. The second-order valence-corrected chi connectivity index (χ2v) is 6.91. The van der Waals surface area contributed by atoms with E-state index in [9.17, 15) is 9.90 Å². The molecular formula is C19H22N4O3. The lowest BCUT2D eigenvalue weighted by Gasteiger charge is -2.44. The Bertz CT molecular complexity index is 856. The van der Waals surface area contributed by atoms with Crippen LogP contribution in [0.3, 0.4) is 0 Å². The number of aromatic hydroxyl groups is 1. The van der Waals surface area contributed by atoms with Gasteiger partial charge in [-0.25, -0.2) is 14.8 Å². The van der Waals surface area contributed by atoms with Crippen LogP contribution >= 0.6 is 0 Å². The topological polar surface area (TPSA) is 78.8 Å². The van der Waals surface area contributed by atoms with Gasteiger partial charge in [0.25, 0.3) is 0 Å². The van der Waals surface area contributed by atoms with Crippen molar-refractivity contribution in [1.29, 1.82) is 0 Å². The van der Waals surface area contributed by atoms with E-state index in [0.29, 0.717) is 37.6 Å². The van der Waals surface area contributed by atoms with Crippen molar-refractivity contribution in [3.8, 4) is 17.1 Å². The zero-order valence-corrected chi connectivity index (χ0v) is 15.0. The van der Waals surface area contributed by atoms with Crippen molar-refractivity contribution >= 4 is 11.9 Å². The number of anilines is 1. The number of piperazine rings is 1. The normalized spacial score (nSPS) is 22.3. The molecule has 0 radical (unpaired) electrons. The Morgan fingerprint density at radius 3 is 2.85 bits per heavy atom. The third kappa shape index (κ3) is 2.64. The minimum atomic E-state index is -0.302. The first-order chi connectivity index (χ1) is 12.5.